The summed E-state index contributed by atoms with van der Waals surface area (Å²) in [6, 6.07) is 4.60. The quantitative estimate of drug-likeness (QED) is 0.875. The van der Waals surface area contributed by atoms with E-state index in [1.54, 1.807) is 12.1 Å². The smallest absolute Gasteiger partial charge is 0.341 e. The van der Waals surface area contributed by atoms with Crippen LogP contribution in [0.3, 0.4) is 0 Å². The highest BCUT2D eigenvalue weighted by molar-refractivity contribution is 6.32. The number of aromatic nitrogens is 1. The summed E-state index contributed by atoms with van der Waals surface area (Å²) in [5.41, 5.74) is 0.413. The molecule has 0 spiro atoms. The number of carboxylic acid groups (broad SMARTS) is 1. The van der Waals surface area contributed by atoms with Crippen molar-refractivity contribution in [2.24, 2.45) is 5.92 Å². The lowest BCUT2D eigenvalue weighted by Crippen LogP contribution is -2.23. The molecule has 7 heteroatoms. The van der Waals surface area contributed by atoms with Gasteiger partial charge in [-0.25, -0.2) is 4.79 Å². The van der Waals surface area contributed by atoms with Gasteiger partial charge in [-0.15, -0.1) is 0 Å². The average Bonchev–Trinajstić information content (AvgIpc) is 2.70. The van der Waals surface area contributed by atoms with Crippen LogP contribution in [0.1, 0.15) is 36.7 Å². The predicted molar refractivity (Wildman–Crippen MR) is 98.6 cm³/mol. The Hall–Kier alpha value is -2.47. The Bertz CT molecular complexity index is 919. The largest absolute Gasteiger partial charge is 0.495 e. The highest BCUT2D eigenvalue weighted by atomic mass is 35.5. The number of ether oxygens (including phenoxy) is 2. The van der Waals surface area contributed by atoms with Crippen molar-refractivity contribution < 1.29 is 19.4 Å². The minimum atomic E-state index is -1.24. The molecule has 1 aliphatic rings. The topological polar surface area (TPSA) is 77.8 Å². The summed E-state index contributed by atoms with van der Waals surface area (Å²) in [4.78, 5) is 23.7. The van der Waals surface area contributed by atoms with Crippen molar-refractivity contribution in [1.29, 1.82) is 0 Å². The van der Waals surface area contributed by atoms with Gasteiger partial charge in [0.2, 0.25) is 0 Å². The van der Waals surface area contributed by atoms with Crippen molar-refractivity contribution in [2.45, 2.75) is 26.3 Å². The first kappa shape index (κ1) is 18.3. The number of fused-ring (bicyclic) bond motifs is 3. The highest BCUT2D eigenvalue weighted by Crippen LogP contribution is 2.41. The molecule has 0 fully saturated rings. The van der Waals surface area contributed by atoms with E-state index >= 15 is 0 Å². The van der Waals surface area contributed by atoms with Crippen LogP contribution in [0, 0.1) is 5.92 Å². The summed E-state index contributed by atoms with van der Waals surface area (Å²) in [5.74, 6) is 0.146. The van der Waals surface area contributed by atoms with Crippen molar-refractivity contribution in [1.82, 2.24) is 4.57 Å². The Morgan fingerprint density at radius 3 is 2.77 bits per heavy atom. The third-order valence-corrected chi connectivity index (χ3v) is 4.70. The molecule has 0 saturated heterocycles. The van der Waals surface area contributed by atoms with Crippen molar-refractivity contribution in [3.63, 3.8) is 0 Å². The molecule has 3 rings (SSSR count). The summed E-state index contributed by atoms with van der Waals surface area (Å²) in [6.07, 6.45) is 2.18. The number of benzene rings is 1. The molecular weight excluding hydrogens is 358 g/mol. The fourth-order valence-electron chi connectivity index (χ4n) is 3.23. The van der Waals surface area contributed by atoms with E-state index in [0.29, 0.717) is 40.3 Å². The lowest BCUT2D eigenvalue weighted by molar-refractivity contribution is 0.0694. The van der Waals surface area contributed by atoms with Gasteiger partial charge in [0.05, 0.1) is 23.9 Å². The van der Waals surface area contributed by atoms with Crippen LogP contribution in [0.25, 0.3) is 11.3 Å². The van der Waals surface area contributed by atoms with E-state index in [9.17, 15) is 14.7 Å². The molecule has 0 aliphatic carbocycles. The maximum atomic E-state index is 12.3. The van der Waals surface area contributed by atoms with Crippen LogP contribution >= 0.6 is 11.6 Å². The van der Waals surface area contributed by atoms with Crippen molar-refractivity contribution in [2.75, 3.05) is 13.7 Å². The maximum absolute atomic E-state index is 12.3. The van der Waals surface area contributed by atoms with E-state index in [1.165, 1.54) is 19.4 Å². The van der Waals surface area contributed by atoms with E-state index in [0.717, 1.165) is 6.42 Å². The van der Waals surface area contributed by atoms with Crippen molar-refractivity contribution >= 4 is 17.6 Å². The SMILES string of the molecule is COc1cc2c(cc1Cl)-c1cc(=O)c(C(=O)O)cn1C(CC(C)C)CO2. The van der Waals surface area contributed by atoms with Gasteiger partial charge in [-0.05, 0) is 18.4 Å². The Labute approximate surface area is 155 Å². The van der Waals surface area contributed by atoms with Gasteiger partial charge < -0.3 is 19.1 Å². The van der Waals surface area contributed by atoms with Crippen LogP contribution in [-0.4, -0.2) is 29.4 Å². The molecule has 1 atom stereocenters. The molecule has 1 N–H and O–H groups in total. The number of aromatic carboxylic acids is 1. The number of rotatable bonds is 4. The molecule has 26 heavy (non-hydrogen) atoms. The van der Waals surface area contributed by atoms with Crippen molar-refractivity contribution in [3.05, 3.63) is 45.2 Å². The zero-order valence-electron chi connectivity index (χ0n) is 14.8. The Balaban J connectivity index is 2.27. The van der Waals surface area contributed by atoms with Gasteiger partial charge in [0.25, 0.3) is 0 Å². The predicted octanol–water partition coefficient (Wildman–Crippen LogP) is 3.86. The first-order valence-electron chi connectivity index (χ1n) is 8.32. The van der Waals surface area contributed by atoms with E-state index in [4.69, 9.17) is 21.1 Å². The van der Waals surface area contributed by atoms with Gasteiger partial charge in [-0.1, -0.05) is 25.4 Å². The molecule has 6 nitrogen and oxygen atoms in total. The first-order valence-corrected chi connectivity index (χ1v) is 8.69. The number of nitrogens with zero attached hydrogens (tertiary/aromatic N) is 1. The molecule has 0 amide bonds. The average molecular weight is 378 g/mol. The van der Waals surface area contributed by atoms with Crippen LogP contribution in [0.5, 0.6) is 11.5 Å². The van der Waals surface area contributed by atoms with Crippen molar-refractivity contribution in [3.8, 4) is 22.8 Å². The molecular formula is C19H20ClNO5. The molecule has 1 unspecified atom stereocenters. The van der Waals surface area contributed by atoms with E-state index in [1.807, 2.05) is 4.57 Å². The van der Waals surface area contributed by atoms with Gasteiger partial charge in [-0.3, -0.25) is 4.79 Å². The van der Waals surface area contributed by atoms with E-state index in [-0.39, 0.29) is 11.6 Å². The summed E-state index contributed by atoms with van der Waals surface area (Å²) in [5, 5.41) is 9.72. The first-order chi connectivity index (χ1) is 12.3. The second-order valence-corrected chi connectivity index (χ2v) is 7.13. The standard InChI is InChI=1S/C19H20ClNO5/c1-10(2)4-11-9-26-17-7-18(25-3)14(20)5-12(17)15-6-16(22)13(19(23)24)8-21(11)15/h5-8,10-11H,4,9H2,1-3H3,(H,23,24). The molecule has 1 aromatic heterocycles. The molecule has 0 bridgehead atoms. The molecule has 0 radical (unpaired) electrons. The number of carboxylic acids is 1. The number of hydrogen-bond acceptors (Lipinski definition) is 4. The summed E-state index contributed by atoms with van der Waals surface area (Å²) >= 11 is 6.26. The molecule has 2 aromatic rings. The van der Waals surface area contributed by atoms with Crippen LogP contribution in [0.2, 0.25) is 5.02 Å². The second-order valence-electron chi connectivity index (χ2n) is 6.73. The monoisotopic (exact) mass is 377 g/mol. The van der Waals surface area contributed by atoms with E-state index in [2.05, 4.69) is 13.8 Å². The van der Waals surface area contributed by atoms with Gasteiger partial charge >= 0.3 is 5.97 Å². The number of carbonyl (C=O) groups is 1. The third-order valence-electron chi connectivity index (χ3n) is 4.41. The Morgan fingerprint density at radius 1 is 1.42 bits per heavy atom. The molecule has 1 aromatic carbocycles. The third kappa shape index (κ3) is 3.29. The Morgan fingerprint density at radius 2 is 2.15 bits per heavy atom. The van der Waals surface area contributed by atoms with Gasteiger partial charge in [0.1, 0.15) is 23.7 Å². The zero-order chi connectivity index (χ0) is 19.0. The second kappa shape index (κ2) is 7.03. The lowest BCUT2D eigenvalue weighted by atomic mass is 10.0. The lowest BCUT2D eigenvalue weighted by Gasteiger charge is -2.22. The van der Waals surface area contributed by atoms with Crippen LogP contribution in [0.15, 0.2) is 29.2 Å². The fraction of sp³-hybridized carbons (Fsp3) is 0.368. The molecule has 0 saturated carbocycles. The number of hydrogen-bond donors (Lipinski definition) is 1. The minimum Gasteiger partial charge on any atom is -0.495 e. The minimum absolute atomic E-state index is 0.110. The molecule has 138 valence electrons. The number of halogens is 1. The van der Waals surface area contributed by atoms with Crippen LogP contribution < -0.4 is 14.9 Å². The maximum Gasteiger partial charge on any atom is 0.341 e. The van der Waals surface area contributed by atoms with Crippen LogP contribution in [0.4, 0.5) is 0 Å². The fourth-order valence-corrected chi connectivity index (χ4v) is 3.47. The van der Waals surface area contributed by atoms with Gasteiger partial charge in [-0.2, -0.15) is 0 Å². The normalized spacial score (nSPS) is 15.7. The number of pyridine rings is 1. The highest BCUT2D eigenvalue weighted by Gasteiger charge is 2.26. The summed E-state index contributed by atoms with van der Waals surface area (Å²) in [7, 11) is 1.52. The number of methoxy groups -OCH3 is 1. The summed E-state index contributed by atoms with van der Waals surface area (Å²) in [6.45, 7) is 4.52. The Kier molecular flexibility index (Phi) is 4.96. The van der Waals surface area contributed by atoms with Crippen LogP contribution in [-0.2, 0) is 0 Å². The molecule has 2 heterocycles. The zero-order valence-corrected chi connectivity index (χ0v) is 15.5. The molecule has 1 aliphatic heterocycles. The van der Waals surface area contributed by atoms with Gasteiger partial charge in [0.15, 0.2) is 5.43 Å². The van der Waals surface area contributed by atoms with E-state index < -0.39 is 11.4 Å². The van der Waals surface area contributed by atoms with Gasteiger partial charge in [0, 0.05) is 23.9 Å². The summed E-state index contributed by atoms with van der Waals surface area (Å²) < 4.78 is 13.0.